The summed E-state index contributed by atoms with van der Waals surface area (Å²) >= 11 is 0. The summed E-state index contributed by atoms with van der Waals surface area (Å²) in [5, 5.41) is 3.41. The molecule has 34 heavy (non-hydrogen) atoms. The molecular formula is C30H41NO3. The predicted molar refractivity (Wildman–Crippen MR) is 134 cm³/mol. The molecule has 0 aliphatic heterocycles. The van der Waals surface area contributed by atoms with Crippen molar-refractivity contribution in [2.45, 2.75) is 84.6 Å². The molecule has 184 valence electrons. The highest BCUT2D eigenvalue weighted by Crippen LogP contribution is 2.66. The van der Waals surface area contributed by atoms with Crippen molar-refractivity contribution in [3.63, 3.8) is 0 Å². The fourth-order valence-corrected chi connectivity index (χ4v) is 8.47. The lowest BCUT2D eigenvalue weighted by atomic mass is 9.47. The maximum atomic E-state index is 13.7. The van der Waals surface area contributed by atoms with Crippen LogP contribution in [0.2, 0.25) is 0 Å². The molecule has 1 unspecified atom stereocenters. The lowest BCUT2D eigenvalue weighted by Gasteiger charge is -2.58. The molecule has 4 aliphatic rings. The molecule has 0 heterocycles. The minimum absolute atomic E-state index is 0.0727. The van der Waals surface area contributed by atoms with Crippen LogP contribution in [0.3, 0.4) is 0 Å². The quantitative estimate of drug-likeness (QED) is 0.579. The summed E-state index contributed by atoms with van der Waals surface area (Å²) in [6, 6.07) is 8.02. The van der Waals surface area contributed by atoms with Crippen molar-refractivity contribution in [2.75, 3.05) is 7.11 Å². The van der Waals surface area contributed by atoms with E-state index >= 15 is 0 Å². The maximum absolute atomic E-state index is 13.7. The van der Waals surface area contributed by atoms with Crippen molar-refractivity contribution in [1.29, 1.82) is 0 Å². The lowest BCUT2D eigenvalue weighted by Crippen LogP contribution is -2.53. The van der Waals surface area contributed by atoms with E-state index in [4.69, 9.17) is 4.74 Å². The Labute approximate surface area is 204 Å². The van der Waals surface area contributed by atoms with Gasteiger partial charge in [-0.3, -0.25) is 9.59 Å². The third-order valence-corrected chi connectivity index (χ3v) is 10.5. The highest BCUT2D eigenvalue weighted by atomic mass is 16.5. The van der Waals surface area contributed by atoms with Gasteiger partial charge >= 0.3 is 0 Å². The van der Waals surface area contributed by atoms with Crippen LogP contribution in [0.25, 0.3) is 0 Å². The van der Waals surface area contributed by atoms with Gasteiger partial charge in [0.25, 0.3) is 0 Å². The van der Waals surface area contributed by atoms with Crippen LogP contribution in [-0.4, -0.2) is 18.8 Å². The number of ether oxygens (including phenoxy) is 1. The zero-order valence-corrected chi connectivity index (χ0v) is 21.6. The number of hydrogen-bond donors (Lipinski definition) is 1. The number of methoxy groups -OCH3 is 1. The number of carbonyl (C=O) groups is 2. The normalized spacial score (nSPS) is 37.2. The van der Waals surface area contributed by atoms with E-state index in [-0.39, 0.29) is 22.7 Å². The molecule has 1 aromatic rings. The Morgan fingerprint density at radius 2 is 1.74 bits per heavy atom. The zero-order chi connectivity index (χ0) is 24.3. The monoisotopic (exact) mass is 463 g/mol. The van der Waals surface area contributed by atoms with Gasteiger partial charge < -0.3 is 10.1 Å². The molecule has 0 bridgehead atoms. The van der Waals surface area contributed by atoms with Crippen LogP contribution >= 0.6 is 0 Å². The van der Waals surface area contributed by atoms with Gasteiger partial charge in [-0.15, -0.1) is 0 Å². The summed E-state index contributed by atoms with van der Waals surface area (Å²) in [6.45, 7) is 9.03. The second-order valence-electron chi connectivity index (χ2n) is 12.5. The molecule has 0 saturated heterocycles. The minimum atomic E-state index is -0.429. The predicted octanol–water partition coefficient (Wildman–Crippen LogP) is 6.19. The van der Waals surface area contributed by atoms with Gasteiger partial charge in [0.05, 0.1) is 12.6 Å². The lowest BCUT2D eigenvalue weighted by molar-refractivity contribution is -0.134. The first-order chi connectivity index (χ1) is 16.1. The Balaban J connectivity index is 1.33. The Bertz CT molecular complexity index is 1010. The Kier molecular flexibility index (Phi) is 5.73. The smallest absolute Gasteiger partial charge is 0.224 e. The van der Waals surface area contributed by atoms with Crippen LogP contribution in [0.4, 0.5) is 0 Å². The SMILES string of the molecule is COc1ccc(C(C)(C)NC(=O)C2CC[C@H]3[C@@H]4CCC5=CC(=O)CC[C@]5(C)[C@@H]4CC[C@]23C)cc1. The van der Waals surface area contributed by atoms with Crippen LogP contribution in [-0.2, 0) is 15.1 Å². The van der Waals surface area contributed by atoms with Crippen LogP contribution in [0.15, 0.2) is 35.9 Å². The third-order valence-electron chi connectivity index (χ3n) is 10.5. The number of amides is 1. The minimum Gasteiger partial charge on any atom is -0.497 e. The average Bonchev–Trinajstić information content (AvgIpc) is 3.16. The standard InChI is InChI=1S/C30H41NO3/c1-28(2,19-6-9-22(34-5)10-7-19)31-27(33)26-13-12-24-23-11-8-20-18-21(32)14-16-29(20,3)25(23)15-17-30(24,26)4/h6-7,9-10,18,23-26H,8,11-17H2,1-5H3,(H,31,33)/t23-,24-,25+,26?,29-,30-/m0/s1. The van der Waals surface area contributed by atoms with E-state index in [1.54, 1.807) is 7.11 Å². The molecule has 5 rings (SSSR count). The number of fused-ring (bicyclic) bond motifs is 5. The highest BCUT2D eigenvalue weighted by molar-refractivity contribution is 5.91. The van der Waals surface area contributed by atoms with E-state index in [0.717, 1.165) is 43.4 Å². The first-order valence-corrected chi connectivity index (χ1v) is 13.3. The highest BCUT2D eigenvalue weighted by Gasteiger charge is 2.60. The maximum Gasteiger partial charge on any atom is 0.224 e. The van der Waals surface area contributed by atoms with E-state index < -0.39 is 5.54 Å². The Morgan fingerprint density at radius 3 is 2.44 bits per heavy atom. The van der Waals surface area contributed by atoms with E-state index in [0.29, 0.717) is 30.0 Å². The second-order valence-corrected chi connectivity index (χ2v) is 12.5. The average molecular weight is 464 g/mol. The van der Waals surface area contributed by atoms with Gasteiger partial charge in [0, 0.05) is 12.3 Å². The van der Waals surface area contributed by atoms with Crippen molar-refractivity contribution < 1.29 is 14.3 Å². The van der Waals surface area contributed by atoms with Crippen LogP contribution in [0.5, 0.6) is 5.75 Å². The van der Waals surface area contributed by atoms with Crippen molar-refractivity contribution >= 4 is 11.7 Å². The fourth-order valence-electron chi connectivity index (χ4n) is 8.47. The number of ketones is 1. The van der Waals surface area contributed by atoms with Gasteiger partial charge in [0.1, 0.15) is 5.75 Å². The molecule has 1 aromatic carbocycles. The van der Waals surface area contributed by atoms with E-state index in [1.165, 1.54) is 18.4 Å². The van der Waals surface area contributed by atoms with Crippen LogP contribution in [0, 0.1) is 34.5 Å². The van der Waals surface area contributed by atoms with E-state index in [9.17, 15) is 9.59 Å². The van der Waals surface area contributed by atoms with Gasteiger partial charge in [-0.2, -0.15) is 0 Å². The van der Waals surface area contributed by atoms with Gasteiger partial charge in [-0.1, -0.05) is 31.6 Å². The van der Waals surface area contributed by atoms with Gasteiger partial charge in [-0.05, 0) is 111 Å². The molecular weight excluding hydrogens is 422 g/mol. The molecule has 3 fully saturated rings. The summed E-state index contributed by atoms with van der Waals surface area (Å²) in [7, 11) is 1.67. The van der Waals surface area contributed by atoms with Gasteiger partial charge in [-0.25, -0.2) is 0 Å². The molecule has 6 atom stereocenters. The number of rotatable bonds is 4. The molecule has 4 heteroatoms. The topological polar surface area (TPSA) is 55.4 Å². The largest absolute Gasteiger partial charge is 0.497 e. The first kappa shape index (κ1) is 23.6. The first-order valence-electron chi connectivity index (χ1n) is 13.3. The molecule has 1 N–H and O–H groups in total. The Morgan fingerprint density at radius 1 is 1.00 bits per heavy atom. The summed E-state index contributed by atoms with van der Waals surface area (Å²) in [6.07, 6.45) is 10.4. The number of benzene rings is 1. The number of nitrogens with one attached hydrogen (secondary N) is 1. The van der Waals surface area contributed by atoms with E-state index in [2.05, 4.69) is 33.0 Å². The summed E-state index contributed by atoms with van der Waals surface area (Å²) in [5.41, 5.74) is 2.35. The summed E-state index contributed by atoms with van der Waals surface area (Å²) < 4.78 is 5.30. The Hall–Kier alpha value is -2.10. The van der Waals surface area contributed by atoms with E-state index in [1.807, 2.05) is 30.3 Å². The van der Waals surface area contributed by atoms with Crippen LogP contribution in [0.1, 0.15) is 84.6 Å². The van der Waals surface area contributed by atoms with Gasteiger partial charge in [0.2, 0.25) is 5.91 Å². The second kappa shape index (κ2) is 8.24. The van der Waals surface area contributed by atoms with Crippen molar-refractivity contribution in [2.24, 2.45) is 34.5 Å². The van der Waals surface area contributed by atoms with Crippen molar-refractivity contribution in [1.82, 2.24) is 5.32 Å². The van der Waals surface area contributed by atoms with Crippen molar-refractivity contribution in [3.8, 4) is 5.75 Å². The van der Waals surface area contributed by atoms with Crippen molar-refractivity contribution in [3.05, 3.63) is 41.5 Å². The molecule has 0 aromatic heterocycles. The molecule has 4 aliphatic carbocycles. The molecule has 0 spiro atoms. The number of hydrogen-bond acceptors (Lipinski definition) is 3. The van der Waals surface area contributed by atoms with Crippen LogP contribution < -0.4 is 10.1 Å². The molecule has 4 nitrogen and oxygen atoms in total. The molecule has 0 radical (unpaired) electrons. The molecule has 3 saturated carbocycles. The number of allylic oxidation sites excluding steroid dienone is 1. The summed E-state index contributed by atoms with van der Waals surface area (Å²) in [5.74, 6) is 3.41. The zero-order valence-electron chi connectivity index (χ0n) is 21.6. The number of carbonyl (C=O) groups excluding carboxylic acids is 2. The van der Waals surface area contributed by atoms with Gasteiger partial charge in [0.15, 0.2) is 5.78 Å². The fraction of sp³-hybridized carbons (Fsp3) is 0.667. The molecule has 1 amide bonds. The summed E-state index contributed by atoms with van der Waals surface area (Å²) in [4.78, 5) is 25.8. The third kappa shape index (κ3) is 3.63.